The average molecular weight is 296 g/mol. The van der Waals surface area contributed by atoms with Crippen LogP contribution in [0.25, 0.3) is 0 Å². The van der Waals surface area contributed by atoms with Gasteiger partial charge in [-0.1, -0.05) is 0 Å². The summed E-state index contributed by atoms with van der Waals surface area (Å²) in [4.78, 5) is 4.97. The standard InChI is InChI=1S/C15H24N2O2S/c1-2-11-18-15(5-1)19-12-10-16-6-8-17(9-7-16)14-4-3-13-20-14/h3-4,13,15H,1-2,5-12H2. The van der Waals surface area contributed by atoms with Crippen LogP contribution in [0, 0.1) is 0 Å². The smallest absolute Gasteiger partial charge is 0.157 e. The average Bonchev–Trinajstić information content (AvgIpc) is 3.03. The molecule has 1 aromatic heterocycles. The molecule has 3 rings (SSSR count). The molecule has 0 bridgehead atoms. The molecule has 0 spiro atoms. The number of ether oxygens (including phenoxy) is 2. The molecule has 2 fully saturated rings. The Morgan fingerprint density at radius 1 is 1.25 bits per heavy atom. The molecule has 2 aliphatic heterocycles. The highest BCUT2D eigenvalue weighted by Crippen LogP contribution is 2.22. The van der Waals surface area contributed by atoms with E-state index < -0.39 is 0 Å². The van der Waals surface area contributed by atoms with Crippen molar-refractivity contribution < 1.29 is 9.47 Å². The predicted molar refractivity (Wildman–Crippen MR) is 82.5 cm³/mol. The van der Waals surface area contributed by atoms with E-state index in [2.05, 4.69) is 27.3 Å². The second kappa shape index (κ2) is 7.41. The molecule has 1 unspecified atom stereocenters. The van der Waals surface area contributed by atoms with Gasteiger partial charge in [0.2, 0.25) is 0 Å². The first-order chi connectivity index (χ1) is 9.92. The molecule has 0 saturated carbocycles. The van der Waals surface area contributed by atoms with Crippen LogP contribution in [-0.2, 0) is 9.47 Å². The molecule has 2 saturated heterocycles. The number of hydrogen-bond donors (Lipinski definition) is 0. The molecule has 0 radical (unpaired) electrons. The summed E-state index contributed by atoms with van der Waals surface area (Å²) < 4.78 is 11.4. The van der Waals surface area contributed by atoms with Crippen LogP contribution in [0.15, 0.2) is 17.5 Å². The van der Waals surface area contributed by atoms with Crippen molar-refractivity contribution in [3.05, 3.63) is 17.5 Å². The van der Waals surface area contributed by atoms with Crippen LogP contribution in [0.4, 0.5) is 5.00 Å². The van der Waals surface area contributed by atoms with Gasteiger partial charge < -0.3 is 14.4 Å². The maximum Gasteiger partial charge on any atom is 0.157 e. The Bertz CT molecular complexity index is 371. The van der Waals surface area contributed by atoms with Crippen LogP contribution in [-0.4, -0.2) is 57.1 Å². The topological polar surface area (TPSA) is 24.9 Å². The quantitative estimate of drug-likeness (QED) is 0.833. The zero-order chi connectivity index (χ0) is 13.6. The van der Waals surface area contributed by atoms with E-state index in [0.717, 1.165) is 52.4 Å². The molecule has 4 nitrogen and oxygen atoms in total. The third-order valence-electron chi connectivity index (χ3n) is 4.04. The summed E-state index contributed by atoms with van der Waals surface area (Å²) in [6.07, 6.45) is 3.54. The second-order valence-corrected chi connectivity index (χ2v) is 6.37. The fraction of sp³-hybridized carbons (Fsp3) is 0.733. The molecular weight excluding hydrogens is 272 g/mol. The molecule has 20 heavy (non-hydrogen) atoms. The van der Waals surface area contributed by atoms with Gasteiger partial charge in [0.25, 0.3) is 0 Å². The fourth-order valence-corrected chi connectivity index (χ4v) is 3.58. The van der Waals surface area contributed by atoms with Crippen molar-refractivity contribution in [1.29, 1.82) is 0 Å². The maximum atomic E-state index is 5.81. The van der Waals surface area contributed by atoms with Crippen LogP contribution in [0.5, 0.6) is 0 Å². The van der Waals surface area contributed by atoms with E-state index in [1.807, 2.05) is 11.3 Å². The normalized spacial score (nSPS) is 25.0. The van der Waals surface area contributed by atoms with Crippen molar-refractivity contribution in [1.82, 2.24) is 4.90 Å². The number of anilines is 1. The maximum absolute atomic E-state index is 5.81. The van der Waals surface area contributed by atoms with E-state index in [1.54, 1.807) is 0 Å². The number of thiophene rings is 1. The van der Waals surface area contributed by atoms with E-state index in [4.69, 9.17) is 9.47 Å². The van der Waals surface area contributed by atoms with Gasteiger partial charge in [-0.3, -0.25) is 4.90 Å². The third-order valence-corrected chi connectivity index (χ3v) is 4.97. The summed E-state index contributed by atoms with van der Waals surface area (Å²) in [5.74, 6) is 0. The largest absolute Gasteiger partial charge is 0.361 e. The first-order valence-electron chi connectivity index (χ1n) is 7.66. The van der Waals surface area contributed by atoms with Crippen molar-refractivity contribution in [2.45, 2.75) is 25.6 Å². The second-order valence-electron chi connectivity index (χ2n) is 5.45. The van der Waals surface area contributed by atoms with Crippen molar-refractivity contribution >= 4 is 16.3 Å². The summed E-state index contributed by atoms with van der Waals surface area (Å²) in [5, 5.41) is 3.55. The van der Waals surface area contributed by atoms with Gasteiger partial charge >= 0.3 is 0 Å². The summed E-state index contributed by atoms with van der Waals surface area (Å²) in [7, 11) is 0. The van der Waals surface area contributed by atoms with Gasteiger partial charge in [-0.25, -0.2) is 0 Å². The fourth-order valence-electron chi connectivity index (χ4n) is 2.80. The molecule has 5 heteroatoms. The van der Waals surface area contributed by atoms with E-state index >= 15 is 0 Å². The van der Waals surface area contributed by atoms with Gasteiger partial charge in [-0.2, -0.15) is 0 Å². The van der Waals surface area contributed by atoms with E-state index in [1.165, 1.54) is 17.8 Å². The van der Waals surface area contributed by atoms with Crippen molar-refractivity contribution in [2.24, 2.45) is 0 Å². The summed E-state index contributed by atoms with van der Waals surface area (Å²) in [6.45, 7) is 7.20. The SMILES string of the molecule is c1csc(N2CCN(CCOC3CCCCO3)CC2)c1. The lowest BCUT2D eigenvalue weighted by molar-refractivity contribution is -0.164. The molecule has 0 amide bonds. The number of nitrogens with zero attached hydrogens (tertiary/aromatic N) is 2. The van der Waals surface area contributed by atoms with Gasteiger partial charge in [-0.15, -0.1) is 11.3 Å². The first kappa shape index (κ1) is 14.3. The highest BCUT2D eigenvalue weighted by atomic mass is 32.1. The predicted octanol–water partition coefficient (Wildman–Crippen LogP) is 2.41. The minimum absolute atomic E-state index is 0.0520. The Hall–Kier alpha value is -0.620. The van der Waals surface area contributed by atoms with Crippen LogP contribution >= 0.6 is 11.3 Å². The van der Waals surface area contributed by atoms with Crippen molar-refractivity contribution in [3.8, 4) is 0 Å². The Morgan fingerprint density at radius 3 is 2.85 bits per heavy atom. The first-order valence-corrected chi connectivity index (χ1v) is 8.54. The lowest BCUT2D eigenvalue weighted by Gasteiger charge is -2.35. The summed E-state index contributed by atoms with van der Waals surface area (Å²) in [5.41, 5.74) is 0. The van der Waals surface area contributed by atoms with Crippen LogP contribution in [0.3, 0.4) is 0 Å². The molecule has 2 aliphatic rings. The third kappa shape index (κ3) is 3.95. The minimum atomic E-state index is 0.0520. The number of rotatable bonds is 5. The molecule has 3 heterocycles. The number of piperazine rings is 1. The lowest BCUT2D eigenvalue weighted by Crippen LogP contribution is -2.47. The molecule has 0 aliphatic carbocycles. The van der Waals surface area contributed by atoms with E-state index in [-0.39, 0.29) is 6.29 Å². The van der Waals surface area contributed by atoms with Gasteiger partial charge in [0.15, 0.2) is 6.29 Å². The Morgan fingerprint density at radius 2 is 2.15 bits per heavy atom. The van der Waals surface area contributed by atoms with Gasteiger partial charge in [-0.05, 0) is 36.8 Å². The molecular formula is C15H24N2O2S. The Balaban J connectivity index is 1.32. The zero-order valence-corrected chi connectivity index (χ0v) is 12.8. The van der Waals surface area contributed by atoms with Crippen molar-refractivity contribution in [3.63, 3.8) is 0 Å². The monoisotopic (exact) mass is 296 g/mol. The van der Waals surface area contributed by atoms with Crippen molar-refractivity contribution in [2.75, 3.05) is 50.8 Å². The highest BCUT2D eigenvalue weighted by Gasteiger charge is 2.18. The van der Waals surface area contributed by atoms with Gasteiger partial charge in [0.05, 0.1) is 11.6 Å². The molecule has 0 aromatic carbocycles. The lowest BCUT2D eigenvalue weighted by atomic mass is 10.2. The van der Waals surface area contributed by atoms with Crippen LogP contribution in [0.2, 0.25) is 0 Å². The van der Waals surface area contributed by atoms with Crippen LogP contribution < -0.4 is 4.90 Å². The van der Waals surface area contributed by atoms with Gasteiger partial charge in [0.1, 0.15) is 0 Å². The van der Waals surface area contributed by atoms with Crippen LogP contribution in [0.1, 0.15) is 19.3 Å². The molecule has 112 valence electrons. The minimum Gasteiger partial charge on any atom is -0.361 e. The Labute approximate surface area is 125 Å². The number of hydrogen-bond acceptors (Lipinski definition) is 5. The summed E-state index contributed by atoms with van der Waals surface area (Å²) in [6, 6.07) is 4.34. The molecule has 0 N–H and O–H groups in total. The molecule has 1 atom stereocenters. The highest BCUT2D eigenvalue weighted by molar-refractivity contribution is 7.14. The van der Waals surface area contributed by atoms with E-state index in [0.29, 0.717) is 0 Å². The van der Waals surface area contributed by atoms with Gasteiger partial charge in [0, 0.05) is 39.3 Å². The Kier molecular flexibility index (Phi) is 5.30. The van der Waals surface area contributed by atoms with E-state index in [9.17, 15) is 0 Å². The summed E-state index contributed by atoms with van der Waals surface area (Å²) >= 11 is 1.83. The zero-order valence-electron chi connectivity index (χ0n) is 12.0. The molecule has 1 aromatic rings.